The number of hydrogen-bond donors (Lipinski definition) is 0. The van der Waals surface area contributed by atoms with Gasteiger partial charge in [-0.3, -0.25) is 0 Å². The van der Waals surface area contributed by atoms with Crippen LogP contribution in [0.25, 0.3) is 0 Å². The second-order valence-electron chi connectivity index (χ2n) is 3.45. The van der Waals surface area contributed by atoms with Crippen LogP contribution >= 0.6 is 0 Å². The lowest BCUT2D eigenvalue weighted by atomic mass is 9.98. The largest absolute Gasteiger partial charge is 0.235 e. The van der Waals surface area contributed by atoms with E-state index < -0.39 is 0 Å². The maximum atomic E-state index is 9.99. The molecule has 0 unspecified atom stereocenters. The smallest absolute Gasteiger partial charge is 0.211 e. The van der Waals surface area contributed by atoms with E-state index >= 15 is 0 Å². The van der Waals surface area contributed by atoms with Crippen molar-refractivity contribution in [3.05, 3.63) is 0 Å². The molecule has 0 aromatic carbocycles. The first kappa shape index (κ1) is 11.8. The van der Waals surface area contributed by atoms with Gasteiger partial charge in [-0.15, -0.1) is 0 Å². The van der Waals surface area contributed by atoms with Crippen LogP contribution in [-0.2, 0) is 9.59 Å². The van der Waals surface area contributed by atoms with Gasteiger partial charge in [-0.05, 0) is 33.1 Å². The predicted octanol–water partition coefficient (Wildman–Crippen LogP) is 1.61. The van der Waals surface area contributed by atoms with Gasteiger partial charge in [0.1, 0.15) is 0 Å². The van der Waals surface area contributed by atoms with Gasteiger partial charge < -0.3 is 0 Å². The van der Waals surface area contributed by atoms with E-state index in [0.29, 0.717) is 6.54 Å². The summed E-state index contributed by atoms with van der Waals surface area (Å²) in [7, 11) is 0. The molecule has 0 atom stereocenters. The average molecular weight is 182 g/mol. The lowest BCUT2D eigenvalue weighted by Crippen LogP contribution is -2.15. The van der Waals surface area contributed by atoms with E-state index in [2.05, 4.69) is 9.98 Å². The van der Waals surface area contributed by atoms with E-state index in [1.54, 1.807) is 6.08 Å². The minimum Gasteiger partial charge on any atom is -0.211 e. The van der Waals surface area contributed by atoms with E-state index in [-0.39, 0.29) is 5.54 Å². The van der Waals surface area contributed by atoms with Gasteiger partial charge >= 0.3 is 0 Å². The van der Waals surface area contributed by atoms with Crippen LogP contribution < -0.4 is 0 Å². The molecule has 0 heterocycles. The van der Waals surface area contributed by atoms with Gasteiger partial charge in [0.2, 0.25) is 12.2 Å². The van der Waals surface area contributed by atoms with Gasteiger partial charge in [0, 0.05) is 0 Å². The van der Waals surface area contributed by atoms with E-state index in [9.17, 15) is 9.59 Å². The molecular formula is C9H14N2O2. The molecule has 0 N–H and O–H groups in total. The van der Waals surface area contributed by atoms with Crippen molar-refractivity contribution in [2.45, 2.75) is 38.6 Å². The summed E-state index contributed by atoms with van der Waals surface area (Å²) in [6.45, 7) is 4.26. The molecule has 13 heavy (non-hydrogen) atoms. The third-order valence-electron chi connectivity index (χ3n) is 1.72. The maximum absolute atomic E-state index is 9.99. The number of nitrogens with zero attached hydrogens (tertiary/aromatic N) is 2. The van der Waals surface area contributed by atoms with Crippen LogP contribution in [0.1, 0.15) is 33.1 Å². The van der Waals surface area contributed by atoms with E-state index in [0.717, 1.165) is 19.3 Å². The minimum absolute atomic E-state index is 0.341. The van der Waals surface area contributed by atoms with Crippen molar-refractivity contribution in [2.75, 3.05) is 6.54 Å². The fourth-order valence-electron chi connectivity index (χ4n) is 0.974. The molecule has 0 amide bonds. The molecular weight excluding hydrogens is 168 g/mol. The minimum atomic E-state index is -0.341. The topological polar surface area (TPSA) is 58.9 Å². The summed E-state index contributed by atoms with van der Waals surface area (Å²) in [6.07, 6.45) is 5.55. The van der Waals surface area contributed by atoms with Crippen LogP contribution in [0, 0.1) is 0 Å². The van der Waals surface area contributed by atoms with Crippen molar-refractivity contribution in [3.8, 4) is 0 Å². The highest BCUT2D eigenvalue weighted by atomic mass is 16.1. The van der Waals surface area contributed by atoms with Crippen molar-refractivity contribution < 1.29 is 9.59 Å². The summed E-state index contributed by atoms with van der Waals surface area (Å²) < 4.78 is 0. The van der Waals surface area contributed by atoms with Gasteiger partial charge in [0.05, 0.1) is 12.1 Å². The van der Waals surface area contributed by atoms with Crippen molar-refractivity contribution in [3.63, 3.8) is 0 Å². The zero-order chi connectivity index (χ0) is 10.2. The fraction of sp³-hybridized carbons (Fsp3) is 0.778. The van der Waals surface area contributed by atoms with Crippen molar-refractivity contribution in [2.24, 2.45) is 9.98 Å². The number of carbonyl (C=O) groups excluding carboxylic acids is 2. The summed E-state index contributed by atoms with van der Waals surface area (Å²) in [6, 6.07) is 0. The van der Waals surface area contributed by atoms with Crippen LogP contribution in [0.2, 0.25) is 0 Å². The van der Waals surface area contributed by atoms with Gasteiger partial charge in [0.15, 0.2) is 0 Å². The van der Waals surface area contributed by atoms with Gasteiger partial charge in [-0.25, -0.2) is 14.6 Å². The van der Waals surface area contributed by atoms with Crippen LogP contribution in [0.4, 0.5) is 0 Å². The Morgan fingerprint density at radius 3 is 2.38 bits per heavy atom. The number of rotatable bonds is 6. The molecule has 0 bridgehead atoms. The molecule has 0 aromatic rings. The Hall–Kier alpha value is -1.24. The molecule has 0 fully saturated rings. The second-order valence-corrected chi connectivity index (χ2v) is 3.45. The van der Waals surface area contributed by atoms with Crippen LogP contribution in [-0.4, -0.2) is 24.2 Å². The van der Waals surface area contributed by atoms with Gasteiger partial charge in [-0.2, -0.15) is 4.99 Å². The Morgan fingerprint density at radius 2 is 1.85 bits per heavy atom. The number of aliphatic imine (C=N–C) groups is 2. The Kier molecular flexibility index (Phi) is 5.69. The third-order valence-corrected chi connectivity index (χ3v) is 1.72. The molecule has 4 nitrogen and oxygen atoms in total. The molecule has 72 valence electrons. The summed E-state index contributed by atoms with van der Waals surface area (Å²) in [5.41, 5.74) is -0.341. The third kappa shape index (κ3) is 7.13. The van der Waals surface area contributed by atoms with Crippen LogP contribution in [0.15, 0.2) is 9.98 Å². The number of hydrogen-bond acceptors (Lipinski definition) is 4. The highest BCUT2D eigenvalue weighted by Crippen LogP contribution is 2.16. The van der Waals surface area contributed by atoms with Crippen LogP contribution in [0.5, 0.6) is 0 Å². The SMILES string of the molecule is CC(C)(CCCCN=C=O)N=C=O. The van der Waals surface area contributed by atoms with Crippen LogP contribution in [0.3, 0.4) is 0 Å². The lowest BCUT2D eigenvalue weighted by Gasteiger charge is -2.15. The summed E-state index contributed by atoms with van der Waals surface area (Å²) in [4.78, 5) is 26.8. The van der Waals surface area contributed by atoms with Crippen molar-refractivity contribution in [1.29, 1.82) is 0 Å². The molecule has 0 saturated carbocycles. The normalized spacial score (nSPS) is 10.0. The monoisotopic (exact) mass is 182 g/mol. The molecule has 0 spiro atoms. The fourth-order valence-corrected chi connectivity index (χ4v) is 0.974. The molecule has 0 aliphatic heterocycles. The lowest BCUT2D eigenvalue weighted by molar-refractivity contribution is 0.448. The van der Waals surface area contributed by atoms with E-state index in [4.69, 9.17) is 0 Å². The number of unbranched alkanes of at least 4 members (excludes halogenated alkanes) is 1. The second kappa shape index (κ2) is 6.30. The summed E-state index contributed by atoms with van der Waals surface area (Å²) >= 11 is 0. The predicted molar refractivity (Wildman–Crippen MR) is 49.0 cm³/mol. The Balaban J connectivity index is 3.63. The van der Waals surface area contributed by atoms with Gasteiger partial charge in [0.25, 0.3) is 0 Å². The Morgan fingerprint density at radius 1 is 1.15 bits per heavy atom. The first-order valence-electron chi connectivity index (χ1n) is 4.25. The first-order valence-corrected chi connectivity index (χ1v) is 4.25. The van der Waals surface area contributed by atoms with Gasteiger partial charge in [-0.1, -0.05) is 0 Å². The highest BCUT2D eigenvalue weighted by Gasteiger charge is 2.14. The molecule has 0 aliphatic rings. The molecule has 0 saturated heterocycles. The van der Waals surface area contributed by atoms with Crippen molar-refractivity contribution in [1.82, 2.24) is 0 Å². The quantitative estimate of drug-likeness (QED) is 0.356. The van der Waals surface area contributed by atoms with Crippen molar-refractivity contribution >= 4 is 12.2 Å². The Labute approximate surface area is 77.8 Å². The zero-order valence-electron chi connectivity index (χ0n) is 8.04. The van der Waals surface area contributed by atoms with E-state index in [1.807, 2.05) is 13.8 Å². The summed E-state index contributed by atoms with van der Waals surface area (Å²) in [5, 5.41) is 0. The molecule has 0 rings (SSSR count). The standard InChI is InChI=1S/C9H14N2O2/c1-9(2,11-8-13)5-3-4-6-10-7-12/h3-6H2,1-2H3. The Bertz CT molecular complexity index is 236. The molecule has 0 aromatic heterocycles. The summed E-state index contributed by atoms with van der Waals surface area (Å²) in [5.74, 6) is 0. The average Bonchev–Trinajstić information content (AvgIpc) is 2.04. The number of isocyanates is 2. The highest BCUT2D eigenvalue weighted by molar-refractivity contribution is 5.34. The molecule has 4 heteroatoms. The maximum Gasteiger partial charge on any atom is 0.235 e. The zero-order valence-corrected chi connectivity index (χ0v) is 8.04. The van der Waals surface area contributed by atoms with E-state index in [1.165, 1.54) is 6.08 Å². The molecule has 0 radical (unpaired) electrons. The molecule has 0 aliphatic carbocycles. The first-order chi connectivity index (χ1) is 6.12.